The molecule has 1 aliphatic rings. The number of hydrogen-bond acceptors (Lipinski definition) is 3. The number of fused-ring (bicyclic) bond motifs is 1. The van der Waals surface area contributed by atoms with Crippen molar-refractivity contribution in [2.24, 2.45) is 0 Å². The highest BCUT2D eigenvalue weighted by atomic mass is 16.5. The maximum Gasteiger partial charge on any atom is 0.122 e. The normalized spacial score (nSPS) is 17.4. The molecule has 0 spiro atoms. The van der Waals surface area contributed by atoms with Gasteiger partial charge in [-0.1, -0.05) is 18.2 Å². The number of nitrogens with one attached hydrogen (secondary N) is 1. The Morgan fingerprint density at radius 3 is 3.00 bits per heavy atom. The highest BCUT2D eigenvalue weighted by molar-refractivity contribution is 5.39. The predicted octanol–water partition coefficient (Wildman–Crippen LogP) is 2.59. The van der Waals surface area contributed by atoms with Crippen LogP contribution in [0.5, 0.6) is 5.75 Å². The van der Waals surface area contributed by atoms with Crippen LogP contribution in [0, 0.1) is 0 Å². The van der Waals surface area contributed by atoms with Gasteiger partial charge in [-0.25, -0.2) is 0 Å². The zero-order valence-electron chi connectivity index (χ0n) is 10.3. The maximum atomic E-state index is 5.66. The molecule has 0 saturated heterocycles. The molecule has 1 aliphatic heterocycles. The Labute approximate surface area is 107 Å². The molecule has 0 radical (unpaired) electrons. The van der Waals surface area contributed by atoms with Crippen LogP contribution in [0.15, 0.2) is 47.1 Å². The maximum absolute atomic E-state index is 5.66. The quantitative estimate of drug-likeness (QED) is 0.820. The first-order valence-electron chi connectivity index (χ1n) is 6.38. The topological polar surface area (TPSA) is 34.4 Å². The lowest BCUT2D eigenvalue weighted by molar-refractivity contribution is 0.326. The first kappa shape index (κ1) is 11.4. The second-order valence-electron chi connectivity index (χ2n) is 4.58. The molecule has 1 unspecified atom stereocenters. The Hall–Kier alpha value is -1.74. The van der Waals surface area contributed by atoms with Gasteiger partial charge < -0.3 is 14.5 Å². The fourth-order valence-electron chi connectivity index (χ4n) is 2.34. The van der Waals surface area contributed by atoms with E-state index in [4.69, 9.17) is 9.15 Å². The van der Waals surface area contributed by atoms with E-state index in [0.717, 1.165) is 37.6 Å². The fraction of sp³-hybridized carbons (Fsp3) is 0.333. The lowest BCUT2D eigenvalue weighted by Gasteiger charge is -2.09. The highest BCUT2D eigenvalue weighted by Crippen LogP contribution is 2.32. The van der Waals surface area contributed by atoms with Crippen LogP contribution in [0.1, 0.15) is 17.2 Å². The largest absolute Gasteiger partial charge is 0.493 e. The van der Waals surface area contributed by atoms with Crippen LogP contribution in [0.25, 0.3) is 0 Å². The lowest BCUT2D eigenvalue weighted by atomic mass is 10.0. The van der Waals surface area contributed by atoms with Crippen LogP contribution in [0.2, 0.25) is 0 Å². The molecule has 1 aromatic heterocycles. The van der Waals surface area contributed by atoms with Crippen LogP contribution in [0.4, 0.5) is 0 Å². The Morgan fingerprint density at radius 2 is 2.11 bits per heavy atom. The zero-order chi connectivity index (χ0) is 12.2. The molecule has 2 aromatic rings. The van der Waals surface area contributed by atoms with Crippen molar-refractivity contribution >= 4 is 0 Å². The minimum Gasteiger partial charge on any atom is -0.493 e. The van der Waals surface area contributed by atoms with Gasteiger partial charge in [0, 0.05) is 31.0 Å². The third-order valence-corrected chi connectivity index (χ3v) is 3.32. The summed E-state index contributed by atoms with van der Waals surface area (Å²) in [5.74, 6) is 2.54. The van der Waals surface area contributed by atoms with Crippen molar-refractivity contribution in [3.63, 3.8) is 0 Å². The minimum atomic E-state index is 0.470. The summed E-state index contributed by atoms with van der Waals surface area (Å²) in [6.45, 7) is 2.68. The fourth-order valence-corrected chi connectivity index (χ4v) is 2.34. The molecule has 0 amide bonds. The van der Waals surface area contributed by atoms with Gasteiger partial charge in [-0.15, -0.1) is 0 Å². The lowest BCUT2D eigenvalue weighted by Crippen LogP contribution is -2.24. The molecule has 2 heterocycles. The van der Waals surface area contributed by atoms with Gasteiger partial charge in [-0.2, -0.15) is 0 Å². The summed E-state index contributed by atoms with van der Waals surface area (Å²) < 4.78 is 11.0. The Bertz CT molecular complexity index is 493. The van der Waals surface area contributed by atoms with Gasteiger partial charge >= 0.3 is 0 Å². The molecule has 18 heavy (non-hydrogen) atoms. The number of benzene rings is 1. The van der Waals surface area contributed by atoms with E-state index in [-0.39, 0.29) is 0 Å². The number of ether oxygens (including phenoxy) is 1. The Balaban J connectivity index is 1.47. The molecular weight excluding hydrogens is 226 g/mol. The second kappa shape index (κ2) is 5.27. The smallest absolute Gasteiger partial charge is 0.122 e. The number of furan rings is 1. The standard InChI is InChI=1S/C15H17NO2/c1-2-6-15-14(5-1)12(11-18-15)10-16-8-7-13-4-3-9-17-13/h1-6,9,12,16H,7-8,10-11H2. The predicted molar refractivity (Wildman–Crippen MR) is 70.0 cm³/mol. The molecule has 0 saturated carbocycles. The zero-order valence-corrected chi connectivity index (χ0v) is 10.3. The SMILES string of the molecule is c1coc(CCNCC2COc3ccccc32)c1. The van der Waals surface area contributed by atoms with Crippen molar-refractivity contribution in [2.45, 2.75) is 12.3 Å². The summed E-state index contributed by atoms with van der Waals surface area (Å²) in [7, 11) is 0. The van der Waals surface area contributed by atoms with Crippen LogP contribution >= 0.6 is 0 Å². The molecule has 1 N–H and O–H groups in total. The molecule has 0 aliphatic carbocycles. The van der Waals surface area contributed by atoms with Gasteiger partial charge in [-0.3, -0.25) is 0 Å². The molecule has 0 bridgehead atoms. The molecule has 1 aromatic carbocycles. The van der Waals surface area contributed by atoms with E-state index in [1.807, 2.05) is 24.3 Å². The van der Waals surface area contributed by atoms with E-state index in [1.54, 1.807) is 6.26 Å². The van der Waals surface area contributed by atoms with Crippen molar-refractivity contribution in [3.05, 3.63) is 54.0 Å². The first-order valence-corrected chi connectivity index (χ1v) is 6.38. The average molecular weight is 243 g/mol. The van der Waals surface area contributed by atoms with E-state index in [2.05, 4.69) is 17.4 Å². The summed E-state index contributed by atoms with van der Waals surface area (Å²) in [5, 5.41) is 3.47. The Kier molecular flexibility index (Phi) is 3.33. The summed E-state index contributed by atoms with van der Waals surface area (Å²) >= 11 is 0. The first-order chi connectivity index (χ1) is 8.93. The second-order valence-corrected chi connectivity index (χ2v) is 4.58. The average Bonchev–Trinajstić information content (AvgIpc) is 3.04. The summed E-state index contributed by atoms with van der Waals surface area (Å²) in [4.78, 5) is 0. The van der Waals surface area contributed by atoms with Crippen LogP contribution in [0.3, 0.4) is 0 Å². The summed E-state index contributed by atoms with van der Waals surface area (Å²) in [6.07, 6.45) is 2.65. The van der Waals surface area contributed by atoms with Gasteiger partial charge in [-0.05, 0) is 18.2 Å². The van der Waals surface area contributed by atoms with Gasteiger partial charge in [0.05, 0.1) is 12.9 Å². The third-order valence-electron chi connectivity index (χ3n) is 3.32. The molecule has 1 atom stereocenters. The van der Waals surface area contributed by atoms with Crippen molar-refractivity contribution < 1.29 is 9.15 Å². The van der Waals surface area contributed by atoms with E-state index >= 15 is 0 Å². The number of rotatable bonds is 5. The van der Waals surface area contributed by atoms with Crippen LogP contribution < -0.4 is 10.1 Å². The van der Waals surface area contributed by atoms with Crippen LogP contribution in [-0.4, -0.2) is 19.7 Å². The molecular formula is C15H17NO2. The van der Waals surface area contributed by atoms with Gasteiger partial charge in [0.15, 0.2) is 0 Å². The van der Waals surface area contributed by atoms with Crippen molar-refractivity contribution in [1.82, 2.24) is 5.32 Å². The van der Waals surface area contributed by atoms with E-state index in [0.29, 0.717) is 5.92 Å². The summed E-state index contributed by atoms with van der Waals surface area (Å²) in [5.41, 5.74) is 1.32. The van der Waals surface area contributed by atoms with Crippen molar-refractivity contribution in [3.8, 4) is 5.75 Å². The molecule has 94 valence electrons. The van der Waals surface area contributed by atoms with Crippen molar-refractivity contribution in [2.75, 3.05) is 19.7 Å². The van der Waals surface area contributed by atoms with Gasteiger partial charge in [0.1, 0.15) is 11.5 Å². The molecule has 3 nitrogen and oxygen atoms in total. The number of para-hydroxylation sites is 1. The molecule has 3 heteroatoms. The van der Waals surface area contributed by atoms with E-state index < -0.39 is 0 Å². The minimum absolute atomic E-state index is 0.470. The molecule has 0 fully saturated rings. The van der Waals surface area contributed by atoms with E-state index in [9.17, 15) is 0 Å². The summed E-state index contributed by atoms with van der Waals surface area (Å²) in [6, 6.07) is 12.2. The molecule has 3 rings (SSSR count). The van der Waals surface area contributed by atoms with Gasteiger partial charge in [0.2, 0.25) is 0 Å². The monoisotopic (exact) mass is 243 g/mol. The highest BCUT2D eigenvalue weighted by Gasteiger charge is 2.22. The van der Waals surface area contributed by atoms with E-state index in [1.165, 1.54) is 5.56 Å². The third kappa shape index (κ3) is 2.41. The Morgan fingerprint density at radius 1 is 1.17 bits per heavy atom. The van der Waals surface area contributed by atoms with Crippen LogP contribution in [-0.2, 0) is 6.42 Å². The van der Waals surface area contributed by atoms with Crippen molar-refractivity contribution in [1.29, 1.82) is 0 Å². The number of hydrogen-bond donors (Lipinski definition) is 1. The van der Waals surface area contributed by atoms with Gasteiger partial charge in [0.25, 0.3) is 0 Å².